The Morgan fingerprint density at radius 1 is 1.53 bits per heavy atom. The molecule has 0 aromatic carbocycles. The average Bonchev–Trinajstić information content (AvgIpc) is 2.85. The van der Waals surface area contributed by atoms with E-state index in [1.165, 1.54) is 30.7 Å². The van der Waals surface area contributed by atoms with Gasteiger partial charge >= 0.3 is 0 Å². The van der Waals surface area contributed by atoms with Crippen LogP contribution in [0.4, 0.5) is 0 Å². The highest BCUT2D eigenvalue weighted by atomic mass is 32.2. The van der Waals surface area contributed by atoms with Crippen LogP contribution in [0.1, 0.15) is 31.9 Å². The standard InChI is InChI=1S/C12H20N2S/c1-2-15-12-7-3-6-11(12)14-9-10-5-4-8-13-10/h4-5,8,11-14H,2-3,6-7,9H2,1H3. The zero-order chi connectivity index (χ0) is 10.5. The van der Waals surface area contributed by atoms with E-state index in [-0.39, 0.29) is 0 Å². The predicted octanol–water partition coefficient (Wildman–Crippen LogP) is 2.78. The highest BCUT2D eigenvalue weighted by Crippen LogP contribution is 2.29. The molecule has 15 heavy (non-hydrogen) atoms. The third-order valence-electron chi connectivity index (χ3n) is 3.05. The Balaban J connectivity index is 1.78. The number of aromatic nitrogens is 1. The van der Waals surface area contributed by atoms with Crippen LogP contribution in [0.2, 0.25) is 0 Å². The van der Waals surface area contributed by atoms with Crippen LogP contribution in [0.5, 0.6) is 0 Å². The Labute approximate surface area is 96.2 Å². The summed E-state index contributed by atoms with van der Waals surface area (Å²) in [5, 5.41) is 4.50. The van der Waals surface area contributed by atoms with E-state index in [1.54, 1.807) is 0 Å². The minimum Gasteiger partial charge on any atom is -0.364 e. The summed E-state index contributed by atoms with van der Waals surface area (Å²) < 4.78 is 0. The van der Waals surface area contributed by atoms with Gasteiger partial charge < -0.3 is 10.3 Å². The smallest absolute Gasteiger partial charge is 0.0360 e. The minimum atomic E-state index is 0.721. The van der Waals surface area contributed by atoms with Crippen LogP contribution in [-0.2, 0) is 6.54 Å². The van der Waals surface area contributed by atoms with Crippen LogP contribution >= 0.6 is 11.8 Å². The summed E-state index contributed by atoms with van der Waals surface area (Å²) in [6, 6.07) is 4.92. The maximum Gasteiger partial charge on any atom is 0.0360 e. The molecule has 2 nitrogen and oxygen atoms in total. The van der Waals surface area contributed by atoms with Gasteiger partial charge in [0, 0.05) is 29.7 Å². The summed E-state index contributed by atoms with van der Waals surface area (Å²) in [5.41, 5.74) is 1.29. The molecule has 1 aromatic heterocycles. The van der Waals surface area contributed by atoms with E-state index in [9.17, 15) is 0 Å². The van der Waals surface area contributed by atoms with Crippen LogP contribution in [0.25, 0.3) is 0 Å². The van der Waals surface area contributed by atoms with Gasteiger partial charge in [-0.05, 0) is 30.7 Å². The molecule has 1 fully saturated rings. The molecular formula is C12H20N2S. The Hall–Kier alpha value is -0.410. The van der Waals surface area contributed by atoms with Crippen molar-refractivity contribution in [3.8, 4) is 0 Å². The Bertz CT molecular complexity index is 271. The molecule has 2 rings (SSSR count). The Morgan fingerprint density at radius 3 is 3.20 bits per heavy atom. The van der Waals surface area contributed by atoms with E-state index in [0.717, 1.165) is 17.8 Å². The molecule has 84 valence electrons. The first-order chi connectivity index (χ1) is 7.40. The molecule has 2 N–H and O–H groups in total. The highest BCUT2D eigenvalue weighted by molar-refractivity contribution is 7.99. The molecule has 0 bridgehead atoms. The second kappa shape index (κ2) is 5.61. The van der Waals surface area contributed by atoms with Crippen LogP contribution < -0.4 is 5.32 Å². The summed E-state index contributed by atoms with van der Waals surface area (Å²) in [6.07, 6.45) is 6.11. The number of rotatable bonds is 5. The lowest BCUT2D eigenvalue weighted by Gasteiger charge is -2.19. The quantitative estimate of drug-likeness (QED) is 0.805. The van der Waals surface area contributed by atoms with E-state index in [2.05, 4.69) is 41.1 Å². The summed E-state index contributed by atoms with van der Waals surface area (Å²) >= 11 is 2.11. The molecule has 1 heterocycles. The van der Waals surface area contributed by atoms with Crippen molar-refractivity contribution < 1.29 is 0 Å². The first-order valence-electron chi connectivity index (χ1n) is 5.87. The number of H-pyrrole nitrogens is 1. The maximum atomic E-state index is 3.67. The molecule has 3 heteroatoms. The summed E-state index contributed by atoms with van der Waals surface area (Å²) in [4.78, 5) is 3.24. The van der Waals surface area contributed by atoms with Gasteiger partial charge in [-0.2, -0.15) is 11.8 Å². The van der Waals surface area contributed by atoms with Crippen molar-refractivity contribution >= 4 is 11.8 Å². The van der Waals surface area contributed by atoms with E-state index in [0.29, 0.717) is 0 Å². The summed E-state index contributed by atoms with van der Waals surface area (Å²) in [6.45, 7) is 3.24. The fourth-order valence-corrected chi connectivity index (χ4v) is 3.52. The van der Waals surface area contributed by atoms with Gasteiger partial charge in [-0.3, -0.25) is 0 Å². The highest BCUT2D eigenvalue weighted by Gasteiger charge is 2.26. The van der Waals surface area contributed by atoms with Crippen molar-refractivity contribution in [3.05, 3.63) is 24.0 Å². The first kappa shape index (κ1) is 11.1. The van der Waals surface area contributed by atoms with Gasteiger partial charge in [-0.1, -0.05) is 13.3 Å². The molecule has 0 amide bonds. The molecule has 0 saturated heterocycles. The van der Waals surface area contributed by atoms with Gasteiger partial charge in [0.25, 0.3) is 0 Å². The van der Waals surface area contributed by atoms with E-state index >= 15 is 0 Å². The zero-order valence-electron chi connectivity index (χ0n) is 9.33. The van der Waals surface area contributed by atoms with E-state index < -0.39 is 0 Å². The molecule has 0 spiro atoms. The van der Waals surface area contributed by atoms with Crippen molar-refractivity contribution in [1.29, 1.82) is 0 Å². The van der Waals surface area contributed by atoms with Crippen molar-refractivity contribution in [2.24, 2.45) is 0 Å². The molecule has 0 aliphatic heterocycles. The lowest BCUT2D eigenvalue weighted by atomic mass is 10.2. The summed E-state index contributed by atoms with van der Waals surface area (Å²) in [5.74, 6) is 1.24. The maximum absolute atomic E-state index is 3.67. The molecule has 2 atom stereocenters. The Morgan fingerprint density at radius 2 is 2.47 bits per heavy atom. The number of hydrogen-bond donors (Lipinski definition) is 2. The number of hydrogen-bond acceptors (Lipinski definition) is 2. The Kier molecular flexibility index (Phi) is 4.15. The SMILES string of the molecule is CCSC1CCCC1NCc1ccc[nH]1. The van der Waals surface area contributed by atoms with E-state index in [1.807, 2.05) is 6.20 Å². The predicted molar refractivity (Wildman–Crippen MR) is 67.2 cm³/mol. The third kappa shape index (κ3) is 3.02. The lowest BCUT2D eigenvalue weighted by Crippen LogP contribution is -2.33. The van der Waals surface area contributed by atoms with Crippen LogP contribution in [0.15, 0.2) is 18.3 Å². The first-order valence-corrected chi connectivity index (χ1v) is 6.92. The van der Waals surface area contributed by atoms with Gasteiger partial charge in [-0.15, -0.1) is 0 Å². The van der Waals surface area contributed by atoms with Crippen molar-refractivity contribution in [2.75, 3.05) is 5.75 Å². The molecular weight excluding hydrogens is 204 g/mol. The number of aromatic amines is 1. The summed E-state index contributed by atoms with van der Waals surface area (Å²) in [7, 11) is 0. The van der Waals surface area contributed by atoms with Crippen LogP contribution in [-0.4, -0.2) is 22.0 Å². The van der Waals surface area contributed by atoms with Crippen LogP contribution in [0, 0.1) is 0 Å². The van der Waals surface area contributed by atoms with Gasteiger partial charge in [-0.25, -0.2) is 0 Å². The molecule has 2 unspecified atom stereocenters. The normalized spacial score (nSPS) is 25.9. The number of thioether (sulfide) groups is 1. The minimum absolute atomic E-state index is 0.721. The molecule has 1 aliphatic carbocycles. The zero-order valence-corrected chi connectivity index (χ0v) is 10.1. The molecule has 0 radical (unpaired) electrons. The van der Waals surface area contributed by atoms with Gasteiger partial charge in [0.05, 0.1) is 0 Å². The number of nitrogens with one attached hydrogen (secondary N) is 2. The van der Waals surface area contributed by atoms with Gasteiger partial charge in [0.1, 0.15) is 0 Å². The molecule has 1 aromatic rings. The van der Waals surface area contributed by atoms with Crippen molar-refractivity contribution in [1.82, 2.24) is 10.3 Å². The fourth-order valence-electron chi connectivity index (χ4n) is 2.29. The largest absolute Gasteiger partial charge is 0.364 e. The molecule has 1 aliphatic rings. The lowest BCUT2D eigenvalue weighted by molar-refractivity contribution is 0.528. The second-order valence-electron chi connectivity index (χ2n) is 4.11. The van der Waals surface area contributed by atoms with Crippen molar-refractivity contribution in [2.45, 2.75) is 44.0 Å². The molecule has 1 saturated carbocycles. The van der Waals surface area contributed by atoms with Crippen molar-refractivity contribution in [3.63, 3.8) is 0 Å². The third-order valence-corrected chi connectivity index (χ3v) is 4.38. The average molecular weight is 224 g/mol. The van der Waals surface area contributed by atoms with Crippen LogP contribution in [0.3, 0.4) is 0 Å². The monoisotopic (exact) mass is 224 g/mol. The second-order valence-corrected chi connectivity index (χ2v) is 5.62. The topological polar surface area (TPSA) is 27.8 Å². The van der Waals surface area contributed by atoms with Gasteiger partial charge in [0.15, 0.2) is 0 Å². The van der Waals surface area contributed by atoms with E-state index in [4.69, 9.17) is 0 Å². The fraction of sp³-hybridized carbons (Fsp3) is 0.667. The van der Waals surface area contributed by atoms with Gasteiger partial charge in [0.2, 0.25) is 0 Å².